The topological polar surface area (TPSA) is 46.6 Å². The number of ether oxygens (including phenoxy) is 1. The molecule has 25 heavy (non-hydrogen) atoms. The van der Waals surface area contributed by atoms with Gasteiger partial charge < -0.3 is 9.53 Å². The fourth-order valence-electron chi connectivity index (χ4n) is 2.86. The first-order valence-corrected chi connectivity index (χ1v) is 9.12. The Morgan fingerprint density at radius 2 is 2.20 bits per heavy atom. The fourth-order valence-corrected chi connectivity index (χ4v) is 4.12. The lowest BCUT2D eigenvalue weighted by atomic mass is 10.0. The first-order chi connectivity index (χ1) is 12.0. The van der Waals surface area contributed by atoms with Crippen LogP contribution in [0.1, 0.15) is 29.0 Å². The van der Waals surface area contributed by atoms with Crippen LogP contribution in [0.2, 0.25) is 5.02 Å². The number of thiophene rings is 1. The van der Waals surface area contributed by atoms with Gasteiger partial charge in [-0.15, -0.1) is 11.3 Å². The molecule has 1 aliphatic heterocycles. The molecule has 0 spiro atoms. The van der Waals surface area contributed by atoms with E-state index < -0.39 is 5.97 Å². The van der Waals surface area contributed by atoms with E-state index >= 15 is 0 Å². The zero-order valence-corrected chi connectivity index (χ0v) is 15.4. The predicted octanol–water partition coefficient (Wildman–Crippen LogP) is 4.18. The van der Waals surface area contributed by atoms with Gasteiger partial charge in [0.1, 0.15) is 6.29 Å². The fraction of sp³-hybridized carbons (Fsp3) is 0.263. The molecule has 0 fully saturated rings. The molecule has 2 aromatic rings. The molecule has 2 heterocycles. The smallest absolute Gasteiger partial charge is 0.339 e. The summed E-state index contributed by atoms with van der Waals surface area (Å²) in [5.41, 5.74) is 2.26. The number of esters is 1. The molecule has 0 saturated carbocycles. The highest BCUT2D eigenvalue weighted by Gasteiger charge is 2.27. The maximum absolute atomic E-state index is 11.7. The van der Waals surface area contributed by atoms with Gasteiger partial charge in [-0.05, 0) is 36.6 Å². The second kappa shape index (κ2) is 7.52. The van der Waals surface area contributed by atoms with Crippen LogP contribution in [0.15, 0.2) is 42.5 Å². The number of rotatable bonds is 5. The van der Waals surface area contributed by atoms with Gasteiger partial charge in [-0.1, -0.05) is 36.4 Å². The van der Waals surface area contributed by atoms with Crippen molar-refractivity contribution in [3.63, 3.8) is 0 Å². The van der Waals surface area contributed by atoms with Crippen molar-refractivity contribution < 1.29 is 14.3 Å². The van der Waals surface area contributed by atoms with E-state index in [0.717, 1.165) is 30.4 Å². The summed E-state index contributed by atoms with van der Waals surface area (Å²) in [6.45, 7) is 6.57. The van der Waals surface area contributed by atoms with Crippen molar-refractivity contribution in [3.8, 4) is 5.06 Å². The average Bonchev–Trinajstić information content (AvgIpc) is 2.98. The maximum atomic E-state index is 11.7. The van der Waals surface area contributed by atoms with Crippen LogP contribution in [0.3, 0.4) is 0 Å². The summed E-state index contributed by atoms with van der Waals surface area (Å²) in [6, 6.07) is 8.90. The van der Waals surface area contributed by atoms with Crippen molar-refractivity contribution in [2.45, 2.75) is 25.9 Å². The van der Waals surface area contributed by atoms with E-state index in [9.17, 15) is 9.59 Å². The molecule has 1 aromatic heterocycles. The summed E-state index contributed by atoms with van der Waals surface area (Å²) in [5, 5.41) is 1.16. The van der Waals surface area contributed by atoms with Crippen molar-refractivity contribution in [1.82, 2.24) is 4.90 Å². The molecule has 0 N–H and O–H groups in total. The SMILES string of the molecule is C=C(C)C(=O)Oc1cc2c(s1)CCN(C(C=O)c1ccccc1Cl)C2. The lowest BCUT2D eigenvalue weighted by Crippen LogP contribution is -2.34. The molecule has 0 amide bonds. The van der Waals surface area contributed by atoms with Crippen LogP contribution in [0, 0.1) is 0 Å². The molecule has 6 heteroatoms. The highest BCUT2D eigenvalue weighted by Crippen LogP contribution is 2.36. The minimum atomic E-state index is -0.419. The van der Waals surface area contributed by atoms with Gasteiger partial charge in [0, 0.05) is 28.6 Å². The van der Waals surface area contributed by atoms with Gasteiger partial charge in [0.05, 0.1) is 6.04 Å². The van der Waals surface area contributed by atoms with Crippen LogP contribution in [0.5, 0.6) is 5.06 Å². The third-order valence-electron chi connectivity index (χ3n) is 4.16. The molecule has 0 bridgehead atoms. The summed E-state index contributed by atoms with van der Waals surface area (Å²) in [5.74, 6) is -0.419. The van der Waals surface area contributed by atoms with E-state index in [2.05, 4.69) is 11.5 Å². The zero-order valence-electron chi connectivity index (χ0n) is 13.8. The van der Waals surface area contributed by atoms with Crippen molar-refractivity contribution in [1.29, 1.82) is 0 Å². The zero-order chi connectivity index (χ0) is 18.0. The molecule has 130 valence electrons. The van der Waals surface area contributed by atoms with E-state index in [4.69, 9.17) is 16.3 Å². The van der Waals surface area contributed by atoms with Gasteiger partial charge in [0.15, 0.2) is 5.06 Å². The molecule has 4 nitrogen and oxygen atoms in total. The number of carbonyl (C=O) groups is 2. The molecule has 1 aliphatic rings. The second-order valence-corrected chi connectivity index (χ2v) is 7.51. The van der Waals surface area contributed by atoms with Gasteiger partial charge in [-0.25, -0.2) is 4.79 Å². The molecular weight excluding hydrogens is 358 g/mol. The van der Waals surface area contributed by atoms with E-state index in [-0.39, 0.29) is 6.04 Å². The van der Waals surface area contributed by atoms with Crippen LogP contribution in [0.4, 0.5) is 0 Å². The first-order valence-electron chi connectivity index (χ1n) is 7.92. The molecular formula is C19H18ClNO3S. The minimum absolute atomic E-state index is 0.368. The highest BCUT2D eigenvalue weighted by atomic mass is 35.5. The number of carbonyl (C=O) groups excluding carboxylic acids is 2. The van der Waals surface area contributed by atoms with E-state index in [1.165, 1.54) is 16.2 Å². The van der Waals surface area contributed by atoms with Gasteiger partial charge in [0.25, 0.3) is 0 Å². The van der Waals surface area contributed by atoms with Crippen molar-refractivity contribution in [2.24, 2.45) is 0 Å². The van der Waals surface area contributed by atoms with Gasteiger partial charge in [-0.3, -0.25) is 4.90 Å². The van der Waals surface area contributed by atoms with E-state index in [1.807, 2.05) is 24.3 Å². The predicted molar refractivity (Wildman–Crippen MR) is 99.1 cm³/mol. The molecule has 0 saturated heterocycles. The first kappa shape index (κ1) is 17.9. The molecule has 3 rings (SSSR count). The Hall–Kier alpha value is -1.95. The third-order valence-corrected chi connectivity index (χ3v) is 5.62. The quantitative estimate of drug-likeness (QED) is 0.447. The van der Waals surface area contributed by atoms with Crippen LogP contribution >= 0.6 is 22.9 Å². The number of aldehydes is 1. The highest BCUT2D eigenvalue weighted by molar-refractivity contribution is 7.14. The van der Waals surface area contributed by atoms with Crippen LogP contribution in [0.25, 0.3) is 0 Å². The second-order valence-electron chi connectivity index (χ2n) is 6.01. The molecule has 1 aromatic carbocycles. The maximum Gasteiger partial charge on any atom is 0.339 e. The van der Waals surface area contributed by atoms with Crippen molar-refractivity contribution >= 4 is 35.2 Å². The Morgan fingerprint density at radius 1 is 1.44 bits per heavy atom. The van der Waals surface area contributed by atoms with Crippen LogP contribution in [-0.4, -0.2) is 23.7 Å². The number of hydrogen-bond acceptors (Lipinski definition) is 5. The van der Waals surface area contributed by atoms with Gasteiger partial charge in [0.2, 0.25) is 0 Å². The number of fused-ring (bicyclic) bond motifs is 1. The number of benzene rings is 1. The van der Waals surface area contributed by atoms with Crippen molar-refractivity contribution in [2.75, 3.05) is 6.54 Å². The molecule has 0 aliphatic carbocycles. The minimum Gasteiger partial charge on any atom is -0.412 e. The largest absolute Gasteiger partial charge is 0.412 e. The summed E-state index contributed by atoms with van der Waals surface area (Å²) in [4.78, 5) is 26.7. The molecule has 1 unspecified atom stereocenters. The summed E-state index contributed by atoms with van der Waals surface area (Å²) in [7, 11) is 0. The Balaban J connectivity index is 1.79. The lowest BCUT2D eigenvalue weighted by Gasteiger charge is -2.31. The average molecular weight is 376 g/mol. The summed E-state index contributed by atoms with van der Waals surface area (Å²) < 4.78 is 5.33. The summed E-state index contributed by atoms with van der Waals surface area (Å²) in [6.07, 6.45) is 1.74. The van der Waals surface area contributed by atoms with E-state index in [1.54, 1.807) is 13.0 Å². The van der Waals surface area contributed by atoms with Gasteiger partial charge in [-0.2, -0.15) is 0 Å². The monoisotopic (exact) mass is 375 g/mol. The normalized spacial score (nSPS) is 15.3. The molecule has 1 atom stereocenters. The Labute approximate surface area is 155 Å². The number of nitrogens with zero attached hydrogens (tertiary/aromatic N) is 1. The van der Waals surface area contributed by atoms with Crippen molar-refractivity contribution in [3.05, 3.63) is 63.5 Å². The van der Waals surface area contributed by atoms with Gasteiger partial charge >= 0.3 is 5.97 Å². The Bertz CT molecular complexity index is 830. The molecule has 0 radical (unpaired) electrons. The summed E-state index contributed by atoms with van der Waals surface area (Å²) >= 11 is 7.74. The third kappa shape index (κ3) is 3.84. The van der Waals surface area contributed by atoms with E-state index in [0.29, 0.717) is 22.2 Å². The van der Waals surface area contributed by atoms with Crippen LogP contribution < -0.4 is 4.74 Å². The van der Waals surface area contributed by atoms with Crippen LogP contribution in [-0.2, 0) is 22.6 Å². The standard InChI is InChI=1S/C19H18ClNO3S/c1-12(2)19(23)24-18-9-13-10-21(8-7-17(13)25-18)16(11-22)14-5-3-4-6-15(14)20/h3-6,9,11,16H,1,7-8,10H2,2H3. The number of hydrogen-bond donors (Lipinski definition) is 0. The number of halogens is 1. The lowest BCUT2D eigenvalue weighted by molar-refractivity contribution is -0.129. The Morgan fingerprint density at radius 3 is 2.88 bits per heavy atom. The Kier molecular flexibility index (Phi) is 5.37.